The zero-order valence-corrected chi connectivity index (χ0v) is 14.0. The molecule has 1 fully saturated rings. The van der Waals surface area contributed by atoms with Crippen LogP contribution >= 0.6 is 0 Å². The van der Waals surface area contributed by atoms with Crippen molar-refractivity contribution in [2.45, 2.75) is 44.2 Å². The molecule has 0 radical (unpaired) electrons. The first kappa shape index (κ1) is 16.5. The Bertz CT molecular complexity index is 437. The van der Waals surface area contributed by atoms with Crippen LogP contribution in [0.15, 0.2) is 24.3 Å². The molecule has 2 rings (SSSR count). The molecule has 1 aromatic rings. The van der Waals surface area contributed by atoms with E-state index < -0.39 is 0 Å². The third-order valence-electron chi connectivity index (χ3n) is 5.04. The summed E-state index contributed by atoms with van der Waals surface area (Å²) in [4.78, 5) is 4.75. The fourth-order valence-corrected chi connectivity index (χ4v) is 3.21. The van der Waals surface area contributed by atoms with E-state index in [1.54, 1.807) is 0 Å². The van der Waals surface area contributed by atoms with Gasteiger partial charge in [-0.25, -0.2) is 0 Å². The Balaban J connectivity index is 1.80. The van der Waals surface area contributed by atoms with Crippen LogP contribution in [0.3, 0.4) is 0 Å². The Kier molecular flexibility index (Phi) is 5.42. The second-order valence-electron chi connectivity index (χ2n) is 6.93. The molecule has 0 heterocycles. The van der Waals surface area contributed by atoms with Gasteiger partial charge in [0.1, 0.15) is 0 Å². The quantitative estimate of drug-likeness (QED) is 0.836. The van der Waals surface area contributed by atoms with Crippen LogP contribution < -0.4 is 0 Å². The number of rotatable bonds is 7. The zero-order valence-electron chi connectivity index (χ0n) is 14.0. The highest BCUT2D eigenvalue weighted by atomic mass is 16.3. The van der Waals surface area contributed by atoms with Crippen LogP contribution in [0.1, 0.15) is 42.9 Å². The number of hydrogen-bond donors (Lipinski definition) is 1. The van der Waals surface area contributed by atoms with Crippen molar-refractivity contribution >= 4 is 0 Å². The molecule has 1 aliphatic carbocycles. The van der Waals surface area contributed by atoms with Gasteiger partial charge in [0.2, 0.25) is 0 Å². The normalized spacial score (nSPS) is 18.8. The van der Waals surface area contributed by atoms with Crippen LogP contribution in [-0.4, -0.2) is 54.7 Å². The molecule has 1 unspecified atom stereocenters. The van der Waals surface area contributed by atoms with Gasteiger partial charge in [0, 0.05) is 18.6 Å². The summed E-state index contributed by atoms with van der Waals surface area (Å²) < 4.78 is 0. The van der Waals surface area contributed by atoms with Crippen molar-refractivity contribution in [3.63, 3.8) is 0 Å². The highest BCUT2D eigenvalue weighted by Crippen LogP contribution is 2.36. The summed E-state index contributed by atoms with van der Waals surface area (Å²) in [6, 6.07) is 8.20. The first-order valence-electron chi connectivity index (χ1n) is 8.03. The summed E-state index contributed by atoms with van der Waals surface area (Å²) in [5.41, 5.74) is 2.63. The van der Waals surface area contributed by atoms with Crippen molar-refractivity contribution < 1.29 is 5.11 Å². The maximum atomic E-state index is 10.3. The SMILES string of the molecule is Cc1ccc(C(O)CCN(C)CC2(N(C)C)CCC2)cc1. The van der Waals surface area contributed by atoms with Gasteiger partial charge in [0.15, 0.2) is 0 Å². The van der Waals surface area contributed by atoms with Gasteiger partial charge in [-0.3, -0.25) is 0 Å². The fraction of sp³-hybridized carbons (Fsp3) is 0.667. The van der Waals surface area contributed by atoms with Crippen LogP contribution in [-0.2, 0) is 0 Å². The molecule has 1 atom stereocenters. The Morgan fingerprint density at radius 1 is 1.14 bits per heavy atom. The molecule has 3 nitrogen and oxygen atoms in total. The number of benzene rings is 1. The monoisotopic (exact) mass is 290 g/mol. The second kappa shape index (κ2) is 6.91. The first-order chi connectivity index (χ1) is 9.93. The molecule has 0 saturated heterocycles. The minimum absolute atomic E-state index is 0.357. The Hall–Kier alpha value is -0.900. The van der Waals surface area contributed by atoms with E-state index in [0.29, 0.717) is 5.54 Å². The minimum atomic E-state index is -0.357. The lowest BCUT2D eigenvalue weighted by atomic mass is 9.75. The molecule has 0 aliphatic heterocycles. The number of aliphatic hydroxyl groups excluding tert-OH is 1. The third kappa shape index (κ3) is 4.06. The number of hydrogen-bond acceptors (Lipinski definition) is 3. The van der Waals surface area contributed by atoms with E-state index in [2.05, 4.69) is 50.0 Å². The zero-order chi connectivity index (χ0) is 15.5. The van der Waals surface area contributed by atoms with Gasteiger partial charge in [0.25, 0.3) is 0 Å². The molecule has 0 spiro atoms. The van der Waals surface area contributed by atoms with Crippen molar-refractivity contribution in [3.8, 4) is 0 Å². The lowest BCUT2D eigenvalue weighted by Gasteiger charge is -2.49. The van der Waals surface area contributed by atoms with Crippen LogP contribution in [0.5, 0.6) is 0 Å². The van der Waals surface area contributed by atoms with E-state index in [4.69, 9.17) is 0 Å². The molecule has 1 aromatic carbocycles. The highest BCUT2D eigenvalue weighted by molar-refractivity contribution is 5.23. The first-order valence-corrected chi connectivity index (χ1v) is 8.03. The highest BCUT2D eigenvalue weighted by Gasteiger charge is 2.39. The average Bonchev–Trinajstić information content (AvgIpc) is 2.40. The van der Waals surface area contributed by atoms with E-state index in [0.717, 1.165) is 25.1 Å². The average molecular weight is 290 g/mol. The Labute approximate surface area is 129 Å². The number of nitrogens with zero attached hydrogens (tertiary/aromatic N) is 2. The van der Waals surface area contributed by atoms with Crippen LogP contribution in [0.2, 0.25) is 0 Å². The van der Waals surface area contributed by atoms with E-state index in [1.807, 2.05) is 12.1 Å². The molecule has 1 saturated carbocycles. The number of likely N-dealkylation sites (N-methyl/N-ethyl adjacent to an activating group) is 2. The molecule has 1 N–H and O–H groups in total. The smallest absolute Gasteiger partial charge is 0.0802 e. The van der Waals surface area contributed by atoms with Gasteiger partial charge in [-0.15, -0.1) is 0 Å². The third-order valence-corrected chi connectivity index (χ3v) is 5.04. The lowest BCUT2D eigenvalue weighted by Crippen LogP contribution is -2.56. The molecule has 0 bridgehead atoms. The number of aryl methyl sites for hydroxylation is 1. The predicted molar refractivity (Wildman–Crippen MR) is 88.5 cm³/mol. The van der Waals surface area contributed by atoms with Crippen molar-refractivity contribution in [2.24, 2.45) is 0 Å². The largest absolute Gasteiger partial charge is 0.388 e. The summed E-state index contributed by atoms with van der Waals surface area (Å²) in [6.45, 7) is 4.11. The maximum Gasteiger partial charge on any atom is 0.0802 e. The van der Waals surface area contributed by atoms with Crippen molar-refractivity contribution in [1.82, 2.24) is 9.80 Å². The van der Waals surface area contributed by atoms with Gasteiger partial charge in [-0.2, -0.15) is 0 Å². The van der Waals surface area contributed by atoms with Gasteiger partial charge >= 0.3 is 0 Å². The summed E-state index contributed by atoms with van der Waals surface area (Å²) >= 11 is 0. The van der Waals surface area contributed by atoms with Gasteiger partial charge < -0.3 is 14.9 Å². The molecule has 0 aromatic heterocycles. The number of aliphatic hydroxyl groups is 1. The van der Waals surface area contributed by atoms with Gasteiger partial charge in [0.05, 0.1) is 6.10 Å². The van der Waals surface area contributed by atoms with Crippen molar-refractivity contribution in [1.29, 1.82) is 0 Å². The predicted octanol–water partition coefficient (Wildman–Crippen LogP) is 2.83. The van der Waals surface area contributed by atoms with E-state index in [-0.39, 0.29) is 6.10 Å². The van der Waals surface area contributed by atoms with Crippen molar-refractivity contribution in [2.75, 3.05) is 34.2 Å². The topological polar surface area (TPSA) is 26.7 Å². The molecule has 21 heavy (non-hydrogen) atoms. The summed E-state index contributed by atoms with van der Waals surface area (Å²) in [5, 5.41) is 10.3. The van der Waals surface area contributed by atoms with Gasteiger partial charge in [-0.05, 0) is 59.3 Å². The summed E-state index contributed by atoms with van der Waals surface area (Å²) in [5.74, 6) is 0. The molecular formula is C18H30N2O. The summed E-state index contributed by atoms with van der Waals surface area (Å²) in [6.07, 6.45) is 4.38. The van der Waals surface area contributed by atoms with Crippen LogP contribution in [0.4, 0.5) is 0 Å². The summed E-state index contributed by atoms with van der Waals surface area (Å²) in [7, 11) is 6.55. The van der Waals surface area contributed by atoms with Crippen LogP contribution in [0, 0.1) is 6.92 Å². The van der Waals surface area contributed by atoms with E-state index in [9.17, 15) is 5.11 Å². The van der Waals surface area contributed by atoms with E-state index in [1.165, 1.54) is 24.8 Å². The second-order valence-corrected chi connectivity index (χ2v) is 6.93. The minimum Gasteiger partial charge on any atom is -0.388 e. The molecule has 0 amide bonds. The molecule has 3 heteroatoms. The lowest BCUT2D eigenvalue weighted by molar-refractivity contribution is 0.0239. The Morgan fingerprint density at radius 3 is 2.24 bits per heavy atom. The fourth-order valence-electron chi connectivity index (χ4n) is 3.21. The van der Waals surface area contributed by atoms with Gasteiger partial charge in [-0.1, -0.05) is 29.8 Å². The van der Waals surface area contributed by atoms with Crippen molar-refractivity contribution in [3.05, 3.63) is 35.4 Å². The maximum absolute atomic E-state index is 10.3. The molecule has 1 aliphatic rings. The molecule has 118 valence electrons. The van der Waals surface area contributed by atoms with Crippen LogP contribution in [0.25, 0.3) is 0 Å². The Morgan fingerprint density at radius 2 is 1.76 bits per heavy atom. The molecular weight excluding hydrogens is 260 g/mol. The standard InChI is InChI=1S/C18H30N2O/c1-15-6-8-16(9-7-15)17(21)10-13-20(4)14-18(19(2)3)11-5-12-18/h6-9,17,21H,5,10-14H2,1-4H3. The van der Waals surface area contributed by atoms with E-state index >= 15 is 0 Å².